The molecule has 0 radical (unpaired) electrons. The van der Waals surface area contributed by atoms with Crippen molar-refractivity contribution in [2.45, 2.75) is 12.8 Å². The summed E-state index contributed by atoms with van der Waals surface area (Å²) in [7, 11) is 0. The third kappa shape index (κ3) is 1.82. The van der Waals surface area contributed by atoms with Crippen LogP contribution in [0.2, 0.25) is 0 Å². The Balaban J connectivity index is 1.92. The average Bonchev–Trinajstić information content (AvgIpc) is 3.05. The molecule has 1 atom stereocenters. The van der Waals surface area contributed by atoms with Gasteiger partial charge in [0.15, 0.2) is 11.5 Å². The van der Waals surface area contributed by atoms with Crippen molar-refractivity contribution >= 4 is 0 Å². The van der Waals surface area contributed by atoms with Gasteiger partial charge in [-0.3, -0.25) is 0 Å². The molecule has 94 valence electrons. The molecule has 1 aliphatic rings. The molecule has 2 heterocycles. The van der Waals surface area contributed by atoms with Crippen LogP contribution in [0.5, 0.6) is 11.5 Å². The van der Waals surface area contributed by atoms with E-state index in [1.54, 1.807) is 0 Å². The molecular weight excluding hydrogens is 230 g/mol. The lowest BCUT2D eigenvalue weighted by Gasteiger charge is -2.03. The number of benzene rings is 1. The molecule has 5 heteroatoms. The number of fused-ring (bicyclic) bond motifs is 1. The SMILES string of the molecule is CC(CN)c1ncc(-c2ccc3c(c2)OCO3)[nH]1. The highest BCUT2D eigenvalue weighted by Gasteiger charge is 2.15. The third-order valence-electron chi connectivity index (χ3n) is 3.10. The zero-order valence-corrected chi connectivity index (χ0v) is 10.1. The van der Waals surface area contributed by atoms with Crippen molar-refractivity contribution in [3.05, 3.63) is 30.2 Å². The first-order valence-corrected chi connectivity index (χ1v) is 5.93. The smallest absolute Gasteiger partial charge is 0.231 e. The van der Waals surface area contributed by atoms with Gasteiger partial charge in [0, 0.05) is 18.0 Å². The van der Waals surface area contributed by atoms with Gasteiger partial charge in [-0.2, -0.15) is 0 Å². The van der Waals surface area contributed by atoms with Gasteiger partial charge in [0.25, 0.3) is 0 Å². The lowest BCUT2D eigenvalue weighted by Crippen LogP contribution is -2.10. The number of nitrogens with one attached hydrogen (secondary N) is 1. The van der Waals surface area contributed by atoms with E-state index >= 15 is 0 Å². The molecule has 0 amide bonds. The number of ether oxygens (including phenoxy) is 2. The standard InChI is InChI=1S/C13H15N3O2/c1-8(5-14)13-15-6-10(16-13)9-2-3-11-12(4-9)18-7-17-11/h2-4,6,8H,5,7,14H2,1H3,(H,15,16). The number of hydrogen-bond donors (Lipinski definition) is 2. The maximum absolute atomic E-state index is 5.63. The van der Waals surface area contributed by atoms with Crippen molar-refractivity contribution in [3.63, 3.8) is 0 Å². The zero-order chi connectivity index (χ0) is 12.5. The van der Waals surface area contributed by atoms with Crippen LogP contribution < -0.4 is 15.2 Å². The molecule has 0 bridgehead atoms. The molecular formula is C13H15N3O2. The van der Waals surface area contributed by atoms with E-state index in [1.165, 1.54) is 0 Å². The van der Waals surface area contributed by atoms with Gasteiger partial charge in [-0.25, -0.2) is 4.98 Å². The van der Waals surface area contributed by atoms with Crippen LogP contribution in [0.1, 0.15) is 18.7 Å². The summed E-state index contributed by atoms with van der Waals surface area (Å²) in [6, 6.07) is 5.84. The lowest BCUT2D eigenvalue weighted by molar-refractivity contribution is 0.174. The molecule has 3 N–H and O–H groups in total. The van der Waals surface area contributed by atoms with Crippen molar-refractivity contribution in [1.82, 2.24) is 9.97 Å². The third-order valence-corrected chi connectivity index (χ3v) is 3.10. The number of nitrogens with two attached hydrogens (primary N) is 1. The maximum atomic E-state index is 5.63. The first-order chi connectivity index (χ1) is 8.78. The van der Waals surface area contributed by atoms with E-state index in [9.17, 15) is 0 Å². The molecule has 0 saturated carbocycles. The highest BCUT2D eigenvalue weighted by molar-refractivity contribution is 5.64. The van der Waals surface area contributed by atoms with Crippen molar-refractivity contribution in [2.24, 2.45) is 5.73 Å². The summed E-state index contributed by atoms with van der Waals surface area (Å²) in [6.45, 7) is 2.91. The van der Waals surface area contributed by atoms with Crippen molar-refractivity contribution in [3.8, 4) is 22.8 Å². The van der Waals surface area contributed by atoms with Gasteiger partial charge < -0.3 is 20.2 Å². The molecule has 3 rings (SSSR count). The highest BCUT2D eigenvalue weighted by atomic mass is 16.7. The minimum absolute atomic E-state index is 0.229. The van der Waals surface area contributed by atoms with Crippen LogP contribution in [0.3, 0.4) is 0 Å². The summed E-state index contributed by atoms with van der Waals surface area (Å²) >= 11 is 0. The monoisotopic (exact) mass is 245 g/mol. The molecule has 0 fully saturated rings. The number of aromatic nitrogens is 2. The number of imidazole rings is 1. The van der Waals surface area contributed by atoms with E-state index in [-0.39, 0.29) is 12.7 Å². The Morgan fingerprint density at radius 1 is 1.39 bits per heavy atom. The summed E-state index contributed by atoms with van der Waals surface area (Å²) in [5.41, 5.74) is 7.62. The molecule has 0 saturated heterocycles. The van der Waals surface area contributed by atoms with Crippen molar-refractivity contribution in [2.75, 3.05) is 13.3 Å². The maximum Gasteiger partial charge on any atom is 0.231 e. The van der Waals surface area contributed by atoms with Gasteiger partial charge in [-0.05, 0) is 18.2 Å². The highest BCUT2D eigenvalue weighted by Crippen LogP contribution is 2.35. The average molecular weight is 245 g/mol. The Morgan fingerprint density at radius 2 is 2.22 bits per heavy atom. The van der Waals surface area contributed by atoms with E-state index in [0.717, 1.165) is 28.6 Å². The Bertz CT molecular complexity index is 565. The predicted molar refractivity (Wildman–Crippen MR) is 67.6 cm³/mol. The first kappa shape index (κ1) is 11.1. The molecule has 5 nitrogen and oxygen atoms in total. The largest absolute Gasteiger partial charge is 0.454 e. The number of rotatable bonds is 3. The van der Waals surface area contributed by atoms with Gasteiger partial charge in [-0.1, -0.05) is 6.92 Å². The summed E-state index contributed by atoms with van der Waals surface area (Å²) in [5.74, 6) is 2.70. The fourth-order valence-corrected chi connectivity index (χ4v) is 1.91. The molecule has 1 aromatic heterocycles. The van der Waals surface area contributed by atoms with Gasteiger partial charge in [0.2, 0.25) is 6.79 Å². The fourth-order valence-electron chi connectivity index (χ4n) is 1.91. The molecule has 1 aromatic carbocycles. The molecule has 18 heavy (non-hydrogen) atoms. The van der Waals surface area contributed by atoms with Gasteiger partial charge in [0.05, 0.1) is 11.9 Å². The normalized spacial score (nSPS) is 14.8. The quantitative estimate of drug-likeness (QED) is 0.865. The Hall–Kier alpha value is -2.01. The summed E-state index contributed by atoms with van der Waals surface area (Å²) in [6.07, 6.45) is 1.82. The van der Waals surface area contributed by atoms with Crippen LogP contribution in [0.4, 0.5) is 0 Å². The van der Waals surface area contributed by atoms with E-state index in [2.05, 4.69) is 9.97 Å². The number of hydrogen-bond acceptors (Lipinski definition) is 4. The van der Waals surface area contributed by atoms with Gasteiger partial charge >= 0.3 is 0 Å². The van der Waals surface area contributed by atoms with Crippen molar-refractivity contribution < 1.29 is 9.47 Å². The van der Waals surface area contributed by atoms with Gasteiger partial charge in [0.1, 0.15) is 5.82 Å². The first-order valence-electron chi connectivity index (χ1n) is 5.93. The topological polar surface area (TPSA) is 73.2 Å². The van der Waals surface area contributed by atoms with E-state index in [1.807, 2.05) is 31.3 Å². The summed E-state index contributed by atoms with van der Waals surface area (Å²) in [5, 5.41) is 0. The molecule has 0 spiro atoms. The molecule has 0 aliphatic carbocycles. The predicted octanol–water partition coefficient (Wildman–Crippen LogP) is 1.87. The minimum atomic E-state index is 0.229. The second-order valence-electron chi connectivity index (χ2n) is 4.39. The second kappa shape index (κ2) is 4.34. The second-order valence-corrected chi connectivity index (χ2v) is 4.39. The van der Waals surface area contributed by atoms with Crippen LogP contribution in [-0.4, -0.2) is 23.3 Å². The Morgan fingerprint density at radius 3 is 3.06 bits per heavy atom. The van der Waals surface area contributed by atoms with E-state index < -0.39 is 0 Å². The van der Waals surface area contributed by atoms with Crippen LogP contribution in [0.25, 0.3) is 11.3 Å². The molecule has 2 aromatic rings. The summed E-state index contributed by atoms with van der Waals surface area (Å²) < 4.78 is 10.6. The van der Waals surface area contributed by atoms with E-state index in [0.29, 0.717) is 6.54 Å². The zero-order valence-electron chi connectivity index (χ0n) is 10.1. The van der Waals surface area contributed by atoms with Crippen LogP contribution >= 0.6 is 0 Å². The Kier molecular flexibility index (Phi) is 2.68. The molecule has 1 aliphatic heterocycles. The minimum Gasteiger partial charge on any atom is -0.454 e. The van der Waals surface area contributed by atoms with Gasteiger partial charge in [-0.15, -0.1) is 0 Å². The van der Waals surface area contributed by atoms with E-state index in [4.69, 9.17) is 15.2 Å². The number of aromatic amines is 1. The van der Waals surface area contributed by atoms with Crippen LogP contribution in [0.15, 0.2) is 24.4 Å². The number of nitrogens with zero attached hydrogens (tertiary/aromatic N) is 1. The van der Waals surface area contributed by atoms with Crippen molar-refractivity contribution in [1.29, 1.82) is 0 Å². The fraction of sp³-hybridized carbons (Fsp3) is 0.308. The van der Waals surface area contributed by atoms with Crippen LogP contribution in [0, 0.1) is 0 Å². The summed E-state index contributed by atoms with van der Waals surface area (Å²) in [4.78, 5) is 7.63. The Labute approximate surface area is 105 Å². The van der Waals surface area contributed by atoms with Crippen LogP contribution in [-0.2, 0) is 0 Å². The lowest BCUT2D eigenvalue weighted by atomic mass is 10.1. The molecule has 1 unspecified atom stereocenters. The number of H-pyrrole nitrogens is 1.